The summed E-state index contributed by atoms with van der Waals surface area (Å²) in [5, 5.41) is 19.6. The number of hydrogen-bond acceptors (Lipinski definition) is 5. The van der Waals surface area contributed by atoms with E-state index in [1.54, 1.807) is 24.3 Å². The molecule has 5 heteroatoms. The molecule has 0 bridgehead atoms. The molecule has 3 rings (SSSR count). The third kappa shape index (κ3) is 2.18. The van der Waals surface area contributed by atoms with Gasteiger partial charge in [0, 0.05) is 11.6 Å². The Kier molecular flexibility index (Phi) is 3.02. The molecule has 0 aliphatic heterocycles. The molecule has 2 N–H and O–H groups in total. The van der Waals surface area contributed by atoms with Gasteiger partial charge in [0.1, 0.15) is 22.5 Å². The molecule has 1 aromatic heterocycles. The zero-order valence-corrected chi connectivity index (χ0v) is 11.2. The lowest BCUT2D eigenvalue weighted by Crippen LogP contribution is -2.00. The molecule has 0 atom stereocenters. The topological polar surface area (TPSA) is 79.9 Å². The average Bonchev–Trinajstić information content (AvgIpc) is 2.46. The fourth-order valence-corrected chi connectivity index (χ4v) is 2.18. The number of ether oxygens (including phenoxy) is 1. The van der Waals surface area contributed by atoms with E-state index in [4.69, 9.17) is 9.15 Å². The number of benzene rings is 2. The van der Waals surface area contributed by atoms with Crippen LogP contribution < -0.4 is 10.2 Å². The van der Waals surface area contributed by atoms with Crippen LogP contribution >= 0.6 is 0 Å². The Morgan fingerprint density at radius 3 is 2.57 bits per heavy atom. The third-order valence-electron chi connectivity index (χ3n) is 3.20. The highest BCUT2D eigenvalue weighted by Gasteiger charge is 2.11. The third-order valence-corrected chi connectivity index (χ3v) is 3.20. The SMILES string of the molecule is COc1ccc(-c2cc(=O)c3c(O)cccc3o2)cc1O. The second-order valence-electron chi connectivity index (χ2n) is 4.51. The lowest BCUT2D eigenvalue weighted by molar-refractivity contribution is 0.373. The summed E-state index contributed by atoms with van der Waals surface area (Å²) in [5.74, 6) is 0.467. The molecule has 0 aliphatic carbocycles. The molecule has 5 nitrogen and oxygen atoms in total. The number of aromatic hydroxyl groups is 2. The Bertz CT molecular complexity index is 879. The van der Waals surface area contributed by atoms with Crippen molar-refractivity contribution in [3.63, 3.8) is 0 Å². The van der Waals surface area contributed by atoms with Gasteiger partial charge in [-0.15, -0.1) is 0 Å². The van der Waals surface area contributed by atoms with Crippen molar-refractivity contribution < 1.29 is 19.4 Å². The van der Waals surface area contributed by atoms with Crippen LogP contribution in [0.3, 0.4) is 0 Å². The normalized spacial score (nSPS) is 10.7. The van der Waals surface area contributed by atoms with E-state index in [0.717, 1.165) is 0 Å². The fraction of sp³-hybridized carbons (Fsp3) is 0.0625. The molecule has 2 aromatic carbocycles. The molecule has 3 aromatic rings. The smallest absolute Gasteiger partial charge is 0.197 e. The minimum atomic E-state index is -0.348. The van der Waals surface area contributed by atoms with Crippen molar-refractivity contribution in [2.24, 2.45) is 0 Å². The van der Waals surface area contributed by atoms with Gasteiger partial charge in [-0.3, -0.25) is 4.79 Å². The molecule has 21 heavy (non-hydrogen) atoms. The first kappa shape index (κ1) is 13.1. The lowest BCUT2D eigenvalue weighted by Gasteiger charge is -2.07. The summed E-state index contributed by atoms with van der Waals surface area (Å²) in [4.78, 5) is 12.1. The highest BCUT2D eigenvalue weighted by Crippen LogP contribution is 2.32. The first-order valence-electron chi connectivity index (χ1n) is 6.23. The Labute approximate surface area is 119 Å². The Morgan fingerprint density at radius 1 is 1.05 bits per heavy atom. The Hall–Kier alpha value is -2.95. The predicted octanol–water partition coefficient (Wildman–Crippen LogP) is 2.88. The van der Waals surface area contributed by atoms with Gasteiger partial charge in [-0.1, -0.05) is 6.07 Å². The van der Waals surface area contributed by atoms with E-state index in [-0.39, 0.29) is 27.9 Å². The zero-order valence-electron chi connectivity index (χ0n) is 11.2. The van der Waals surface area contributed by atoms with Gasteiger partial charge in [-0.05, 0) is 30.3 Å². The van der Waals surface area contributed by atoms with Crippen LogP contribution in [-0.2, 0) is 0 Å². The van der Waals surface area contributed by atoms with Gasteiger partial charge < -0.3 is 19.4 Å². The number of methoxy groups -OCH3 is 1. The fourth-order valence-electron chi connectivity index (χ4n) is 2.18. The Morgan fingerprint density at radius 2 is 1.86 bits per heavy atom. The van der Waals surface area contributed by atoms with Crippen LogP contribution in [-0.4, -0.2) is 17.3 Å². The van der Waals surface area contributed by atoms with E-state index < -0.39 is 0 Å². The molecule has 0 saturated heterocycles. The standard InChI is InChI=1S/C16H12O5/c1-20-13-6-5-9(7-11(13)18)15-8-12(19)16-10(17)3-2-4-14(16)21-15/h2-8,17-18H,1H3. The van der Waals surface area contributed by atoms with Crippen LogP contribution in [0.5, 0.6) is 17.2 Å². The molecule has 106 valence electrons. The van der Waals surface area contributed by atoms with Gasteiger partial charge in [0.15, 0.2) is 16.9 Å². The highest BCUT2D eigenvalue weighted by atomic mass is 16.5. The van der Waals surface area contributed by atoms with Gasteiger partial charge in [-0.2, -0.15) is 0 Å². The van der Waals surface area contributed by atoms with E-state index in [0.29, 0.717) is 17.1 Å². The number of rotatable bonds is 2. The molecule has 0 unspecified atom stereocenters. The van der Waals surface area contributed by atoms with Crippen molar-refractivity contribution >= 4 is 11.0 Å². The number of fused-ring (bicyclic) bond motifs is 1. The summed E-state index contributed by atoms with van der Waals surface area (Å²) in [6.45, 7) is 0. The van der Waals surface area contributed by atoms with E-state index in [2.05, 4.69) is 0 Å². The molecular weight excluding hydrogens is 272 g/mol. The molecule has 1 heterocycles. The quantitative estimate of drug-likeness (QED) is 0.756. The van der Waals surface area contributed by atoms with E-state index in [1.165, 1.54) is 25.3 Å². The molecule has 0 radical (unpaired) electrons. The Balaban J connectivity index is 2.22. The van der Waals surface area contributed by atoms with E-state index in [9.17, 15) is 15.0 Å². The minimum absolute atomic E-state index is 0.0475. The largest absolute Gasteiger partial charge is 0.507 e. The maximum Gasteiger partial charge on any atom is 0.197 e. The van der Waals surface area contributed by atoms with E-state index >= 15 is 0 Å². The van der Waals surface area contributed by atoms with Gasteiger partial charge in [0.05, 0.1) is 7.11 Å². The highest BCUT2D eigenvalue weighted by molar-refractivity contribution is 5.84. The lowest BCUT2D eigenvalue weighted by atomic mass is 10.1. The maximum atomic E-state index is 12.1. The molecule has 0 amide bonds. The van der Waals surface area contributed by atoms with Crippen molar-refractivity contribution in [1.29, 1.82) is 0 Å². The molecule has 0 aliphatic rings. The maximum absolute atomic E-state index is 12.1. The van der Waals surface area contributed by atoms with Crippen LogP contribution in [0.2, 0.25) is 0 Å². The van der Waals surface area contributed by atoms with Crippen LogP contribution in [0.4, 0.5) is 0 Å². The minimum Gasteiger partial charge on any atom is -0.507 e. The van der Waals surface area contributed by atoms with Crippen LogP contribution in [0, 0.1) is 0 Å². The summed E-state index contributed by atoms with van der Waals surface area (Å²) in [5.41, 5.74) is 0.475. The monoisotopic (exact) mass is 284 g/mol. The summed E-state index contributed by atoms with van der Waals surface area (Å²) >= 11 is 0. The van der Waals surface area contributed by atoms with Gasteiger partial charge >= 0.3 is 0 Å². The second kappa shape index (κ2) is 4.86. The number of phenolic OH excluding ortho intramolecular Hbond substituents is 2. The van der Waals surface area contributed by atoms with Crippen LogP contribution in [0.1, 0.15) is 0 Å². The van der Waals surface area contributed by atoms with Crippen molar-refractivity contribution in [3.05, 3.63) is 52.7 Å². The number of phenols is 2. The molecule has 0 spiro atoms. The number of hydrogen-bond donors (Lipinski definition) is 2. The van der Waals surface area contributed by atoms with Crippen LogP contribution in [0.15, 0.2) is 51.7 Å². The van der Waals surface area contributed by atoms with E-state index in [1.807, 2.05) is 0 Å². The van der Waals surface area contributed by atoms with Crippen LogP contribution in [0.25, 0.3) is 22.3 Å². The summed E-state index contributed by atoms with van der Waals surface area (Å²) in [7, 11) is 1.45. The second-order valence-corrected chi connectivity index (χ2v) is 4.51. The predicted molar refractivity (Wildman–Crippen MR) is 77.8 cm³/mol. The first-order chi connectivity index (χ1) is 10.1. The van der Waals surface area contributed by atoms with Crippen molar-refractivity contribution in [3.8, 4) is 28.6 Å². The summed E-state index contributed by atoms with van der Waals surface area (Å²) in [6.07, 6.45) is 0. The summed E-state index contributed by atoms with van der Waals surface area (Å²) < 4.78 is 10.6. The first-order valence-corrected chi connectivity index (χ1v) is 6.23. The van der Waals surface area contributed by atoms with Crippen molar-refractivity contribution in [2.45, 2.75) is 0 Å². The van der Waals surface area contributed by atoms with Gasteiger partial charge in [0.25, 0.3) is 0 Å². The van der Waals surface area contributed by atoms with Gasteiger partial charge in [0.2, 0.25) is 0 Å². The van der Waals surface area contributed by atoms with Gasteiger partial charge in [-0.25, -0.2) is 0 Å². The molecular formula is C16H12O5. The van der Waals surface area contributed by atoms with Crippen molar-refractivity contribution in [1.82, 2.24) is 0 Å². The molecule has 0 saturated carbocycles. The molecule has 0 fully saturated rings. The average molecular weight is 284 g/mol. The summed E-state index contributed by atoms with van der Waals surface area (Å²) in [6, 6.07) is 10.6. The van der Waals surface area contributed by atoms with Crippen molar-refractivity contribution in [2.75, 3.05) is 7.11 Å². The zero-order chi connectivity index (χ0) is 15.0.